The van der Waals surface area contributed by atoms with E-state index < -0.39 is 17.8 Å². The van der Waals surface area contributed by atoms with Crippen LogP contribution >= 0.6 is 0 Å². The first-order valence-corrected chi connectivity index (χ1v) is 5.81. The smallest absolute Gasteiger partial charge is 0.433 e. The summed E-state index contributed by atoms with van der Waals surface area (Å²) in [6, 6.07) is 1.17. The second-order valence-electron chi connectivity index (χ2n) is 4.05. The van der Waals surface area contributed by atoms with Crippen LogP contribution in [0.25, 0.3) is 0 Å². The zero-order valence-corrected chi connectivity index (χ0v) is 10.7. The second-order valence-corrected chi connectivity index (χ2v) is 4.05. The molecule has 1 heterocycles. The Kier molecular flexibility index (Phi) is 4.97. The van der Waals surface area contributed by atoms with Crippen LogP contribution in [0.5, 0.6) is 0 Å². The standard InChI is InChI=1S/C13H13F3N2O2/c1-3-5-8(4-2)17-11-9(12(19)20)6-7-10(18-11)13(14,15)16/h1,6-8H,4-5H2,2H3,(H,17,18)(H,19,20). The summed E-state index contributed by atoms with van der Waals surface area (Å²) in [5.41, 5.74) is -1.48. The molecule has 1 aromatic rings. The van der Waals surface area contributed by atoms with Crippen molar-refractivity contribution in [2.24, 2.45) is 0 Å². The molecule has 20 heavy (non-hydrogen) atoms. The lowest BCUT2D eigenvalue weighted by Crippen LogP contribution is -2.22. The molecule has 0 aliphatic rings. The van der Waals surface area contributed by atoms with Crippen LogP contribution in [0.3, 0.4) is 0 Å². The summed E-state index contributed by atoms with van der Waals surface area (Å²) in [4.78, 5) is 14.4. The fourth-order valence-electron chi connectivity index (χ4n) is 1.53. The van der Waals surface area contributed by atoms with Crippen molar-refractivity contribution in [3.63, 3.8) is 0 Å². The van der Waals surface area contributed by atoms with Crippen LogP contribution in [-0.4, -0.2) is 22.1 Å². The summed E-state index contributed by atoms with van der Waals surface area (Å²) in [6.45, 7) is 1.78. The predicted octanol–water partition coefficient (Wildman–Crippen LogP) is 3.01. The van der Waals surface area contributed by atoms with Gasteiger partial charge in [-0.15, -0.1) is 12.3 Å². The molecule has 1 rings (SSSR count). The van der Waals surface area contributed by atoms with E-state index in [2.05, 4.69) is 16.2 Å². The number of hydrogen-bond donors (Lipinski definition) is 2. The van der Waals surface area contributed by atoms with Crippen LogP contribution in [0.4, 0.5) is 19.0 Å². The molecular weight excluding hydrogens is 273 g/mol. The molecule has 0 amide bonds. The average Bonchev–Trinajstić information content (AvgIpc) is 2.36. The fraction of sp³-hybridized carbons (Fsp3) is 0.385. The molecule has 0 saturated carbocycles. The zero-order valence-electron chi connectivity index (χ0n) is 10.7. The lowest BCUT2D eigenvalue weighted by atomic mass is 10.1. The van der Waals surface area contributed by atoms with Gasteiger partial charge in [0.15, 0.2) is 0 Å². The van der Waals surface area contributed by atoms with E-state index in [1.807, 2.05) is 0 Å². The van der Waals surface area contributed by atoms with Crippen LogP contribution in [0, 0.1) is 12.3 Å². The third-order valence-electron chi connectivity index (χ3n) is 2.61. The first-order valence-electron chi connectivity index (χ1n) is 5.81. The Morgan fingerprint density at radius 1 is 1.55 bits per heavy atom. The van der Waals surface area contributed by atoms with E-state index in [1.54, 1.807) is 6.92 Å². The quantitative estimate of drug-likeness (QED) is 0.817. The minimum atomic E-state index is -4.64. The molecule has 1 unspecified atom stereocenters. The molecule has 7 heteroatoms. The molecule has 0 fully saturated rings. The van der Waals surface area contributed by atoms with Gasteiger partial charge < -0.3 is 10.4 Å². The van der Waals surface area contributed by atoms with E-state index in [9.17, 15) is 18.0 Å². The van der Waals surface area contributed by atoms with Gasteiger partial charge in [0.1, 0.15) is 17.1 Å². The number of aromatic carboxylic acids is 1. The van der Waals surface area contributed by atoms with Crippen molar-refractivity contribution >= 4 is 11.8 Å². The number of nitrogens with zero attached hydrogens (tertiary/aromatic N) is 1. The third kappa shape index (κ3) is 3.88. The van der Waals surface area contributed by atoms with Crippen molar-refractivity contribution in [2.75, 3.05) is 5.32 Å². The first kappa shape index (κ1) is 15.8. The largest absolute Gasteiger partial charge is 0.478 e. The molecule has 2 N–H and O–H groups in total. The zero-order chi connectivity index (χ0) is 15.3. The average molecular weight is 286 g/mol. The molecule has 0 aromatic carbocycles. The highest BCUT2D eigenvalue weighted by molar-refractivity contribution is 5.93. The predicted molar refractivity (Wildman–Crippen MR) is 67.4 cm³/mol. The molecule has 0 aliphatic heterocycles. The van der Waals surface area contributed by atoms with Gasteiger partial charge in [-0.05, 0) is 18.6 Å². The molecule has 0 spiro atoms. The molecule has 0 radical (unpaired) electrons. The molecule has 1 atom stereocenters. The summed E-state index contributed by atoms with van der Waals surface area (Å²) in [6.07, 6.45) is 1.30. The SMILES string of the molecule is C#CCC(CC)Nc1nc(C(F)(F)F)ccc1C(=O)O. The van der Waals surface area contributed by atoms with Gasteiger partial charge in [0.25, 0.3) is 0 Å². The Bertz CT molecular complexity index is 535. The number of hydrogen-bond acceptors (Lipinski definition) is 3. The number of nitrogens with one attached hydrogen (secondary N) is 1. The van der Waals surface area contributed by atoms with Gasteiger partial charge in [0.2, 0.25) is 0 Å². The van der Waals surface area contributed by atoms with Crippen molar-refractivity contribution in [1.29, 1.82) is 0 Å². The maximum Gasteiger partial charge on any atom is 0.433 e. The van der Waals surface area contributed by atoms with E-state index in [0.717, 1.165) is 6.07 Å². The summed E-state index contributed by atoms with van der Waals surface area (Å²) in [7, 11) is 0. The lowest BCUT2D eigenvalue weighted by Gasteiger charge is -2.17. The van der Waals surface area contributed by atoms with Crippen molar-refractivity contribution in [2.45, 2.75) is 32.0 Å². The Balaban J connectivity index is 3.19. The second kappa shape index (κ2) is 6.28. The summed E-state index contributed by atoms with van der Waals surface area (Å²) in [5.74, 6) is 0.691. The Morgan fingerprint density at radius 2 is 2.20 bits per heavy atom. The minimum Gasteiger partial charge on any atom is -0.478 e. The van der Waals surface area contributed by atoms with E-state index in [4.69, 9.17) is 11.5 Å². The van der Waals surface area contributed by atoms with Crippen LogP contribution in [0.2, 0.25) is 0 Å². The molecule has 0 aliphatic carbocycles. The van der Waals surface area contributed by atoms with Crippen molar-refractivity contribution < 1.29 is 23.1 Å². The highest BCUT2D eigenvalue weighted by Crippen LogP contribution is 2.29. The third-order valence-corrected chi connectivity index (χ3v) is 2.61. The number of alkyl halides is 3. The van der Waals surface area contributed by atoms with Gasteiger partial charge in [-0.25, -0.2) is 9.78 Å². The summed E-state index contributed by atoms with van der Waals surface area (Å²) in [5, 5.41) is 11.6. The van der Waals surface area contributed by atoms with Gasteiger partial charge >= 0.3 is 12.1 Å². The summed E-state index contributed by atoms with van der Waals surface area (Å²) >= 11 is 0. The monoisotopic (exact) mass is 286 g/mol. The Hall–Kier alpha value is -2.23. The molecule has 4 nitrogen and oxygen atoms in total. The highest BCUT2D eigenvalue weighted by Gasteiger charge is 2.33. The van der Waals surface area contributed by atoms with Crippen LogP contribution in [0.1, 0.15) is 35.8 Å². The van der Waals surface area contributed by atoms with Crippen molar-refractivity contribution in [1.82, 2.24) is 4.98 Å². The number of rotatable bonds is 5. The molecule has 0 saturated heterocycles. The number of anilines is 1. The molecule has 108 valence electrons. The Labute approximate surface area is 114 Å². The van der Waals surface area contributed by atoms with Crippen LogP contribution in [-0.2, 0) is 6.18 Å². The summed E-state index contributed by atoms with van der Waals surface area (Å²) < 4.78 is 37.8. The molecule has 0 bridgehead atoms. The van der Waals surface area contributed by atoms with Gasteiger partial charge in [-0.3, -0.25) is 0 Å². The maximum atomic E-state index is 12.6. The van der Waals surface area contributed by atoms with E-state index in [0.29, 0.717) is 12.5 Å². The number of carboxylic acid groups (broad SMARTS) is 1. The van der Waals surface area contributed by atoms with Gasteiger partial charge in [0, 0.05) is 12.5 Å². The molecule has 1 aromatic heterocycles. The van der Waals surface area contributed by atoms with E-state index >= 15 is 0 Å². The number of carboxylic acids is 1. The van der Waals surface area contributed by atoms with Gasteiger partial charge in [-0.1, -0.05) is 6.92 Å². The maximum absolute atomic E-state index is 12.6. The lowest BCUT2D eigenvalue weighted by molar-refractivity contribution is -0.141. The van der Waals surface area contributed by atoms with Gasteiger partial charge in [-0.2, -0.15) is 13.2 Å². The van der Waals surface area contributed by atoms with Crippen molar-refractivity contribution in [3.05, 3.63) is 23.4 Å². The molecular formula is C13H13F3N2O2. The van der Waals surface area contributed by atoms with Crippen LogP contribution in [0.15, 0.2) is 12.1 Å². The van der Waals surface area contributed by atoms with E-state index in [-0.39, 0.29) is 23.8 Å². The highest BCUT2D eigenvalue weighted by atomic mass is 19.4. The van der Waals surface area contributed by atoms with Crippen LogP contribution < -0.4 is 5.32 Å². The van der Waals surface area contributed by atoms with Crippen molar-refractivity contribution in [3.8, 4) is 12.3 Å². The minimum absolute atomic E-state index is 0.257. The topological polar surface area (TPSA) is 62.2 Å². The Morgan fingerprint density at radius 3 is 2.65 bits per heavy atom. The van der Waals surface area contributed by atoms with Gasteiger partial charge in [0.05, 0.1) is 0 Å². The number of halogens is 3. The number of pyridine rings is 1. The number of carbonyl (C=O) groups is 1. The normalized spacial score (nSPS) is 12.6. The fourth-order valence-corrected chi connectivity index (χ4v) is 1.53. The number of terminal acetylenes is 1. The number of aromatic nitrogens is 1. The first-order chi connectivity index (χ1) is 9.29. The van der Waals surface area contributed by atoms with E-state index in [1.165, 1.54) is 0 Å².